The normalized spacial score (nSPS) is 18.3. The number of hydrogen-bond acceptors (Lipinski definition) is 3. The Labute approximate surface area is 120 Å². The minimum absolute atomic E-state index is 0.00626. The van der Waals surface area contributed by atoms with Crippen LogP contribution in [-0.4, -0.2) is 31.3 Å². The van der Waals surface area contributed by atoms with Gasteiger partial charge in [0, 0.05) is 37.0 Å². The number of piperidine rings is 1. The minimum atomic E-state index is -0.139. The van der Waals surface area contributed by atoms with Crippen molar-refractivity contribution in [2.75, 3.05) is 31.1 Å². The number of rotatable bonds is 5. The number of hydrogen-bond donors (Lipinski definition) is 2. The first-order chi connectivity index (χ1) is 9.67. The summed E-state index contributed by atoms with van der Waals surface area (Å²) in [5.74, 6) is 0.259. The maximum atomic E-state index is 14.2. The lowest BCUT2D eigenvalue weighted by Crippen LogP contribution is -2.36. The second-order valence-corrected chi connectivity index (χ2v) is 5.56. The zero-order valence-electron chi connectivity index (χ0n) is 12.4. The molecule has 0 bridgehead atoms. The van der Waals surface area contributed by atoms with Gasteiger partial charge in [-0.15, -0.1) is 0 Å². The Balaban J connectivity index is 2.21. The third-order valence-electron chi connectivity index (χ3n) is 4.19. The van der Waals surface area contributed by atoms with Crippen LogP contribution in [0.1, 0.15) is 38.3 Å². The van der Waals surface area contributed by atoms with Crippen LogP contribution < -0.4 is 10.2 Å². The zero-order chi connectivity index (χ0) is 14.5. The average molecular weight is 280 g/mol. The lowest BCUT2D eigenvalue weighted by molar-refractivity contribution is 0.203. The molecule has 1 fully saturated rings. The average Bonchev–Trinajstić information content (AvgIpc) is 2.47. The molecular formula is C16H25FN2O. The largest absolute Gasteiger partial charge is 0.396 e. The van der Waals surface area contributed by atoms with Crippen molar-refractivity contribution >= 4 is 5.69 Å². The van der Waals surface area contributed by atoms with E-state index >= 15 is 0 Å². The summed E-state index contributed by atoms with van der Waals surface area (Å²) in [7, 11) is 0. The molecule has 20 heavy (non-hydrogen) atoms. The van der Waals surface area contributed by atoms with E-state index < -0.39 is 0 Å². The third kappa shape index (κ3) is 3.30. The molecule has 2 rings (SSSR count). The first kappa shape index (κ1) is 15.3. The zero-order valence-corrected chi connectivity index (χ0v) is 12.4. The van der Waals surface area contributed by atoms with Gasteiger partial charge in [-0.3, -0.25) is 0 Å². The van der Waals surface area contributed by atoms with E-state index in [1.54, 1.807) is 6.07 Å². The Kier molecular flexibility index (Phi) is 5.38. The predicted molar refractivity (Wildman–Crippen MR) is 80.5 cm³/mol. The van der Waals surface area contributed by atoms with Gasteiger partial charge >= 0.3 is 0 Å². The van der Waals surface area contributed by atoms with Crippen LogP contribution >= 0.6 is 0 Å². The van der Waals surface area contributed by atoms with Gasteiger partial charge in [-0.25, -0.2) is 4.39 Å². The maximum absolute atomic E-state index is 14.2. The molecule has 0 amide bonds. The third-order valence-corrected chi connectivity index (χ3v) is 4.19. The molecule has 0 aliphatic carbocycles. The molecule has 0 aromatic heterocycles. The fourth-order valence-electron chi connectivity index (χ4n) is 2.99. The Morgan fingerprint density at radius 2 is 2.10 bits per heavy atom. The van der Waals surface area contributed by atoms with Crippen LogP contribution in [0, 0.1) is 11.7 Å². The molecule has 4 heteroatoms. The summed E-state index contributed by atoms with van der Waals surface area (Å²) < 4.78 is 14.2. The molecule has 1 atom stereocenters. The number of anilines is 1. The van der Waals surface area contributed by atoms with Crippen LogP contribution in [0.3, 0.4) is 0 Å². The molecule has 1 aromatic carbocycles. The van der Waals surface area contributed by atoms with E-state index in [1.807, 2.05) is 19.9 Å². The molecule has 1 aliphatic rings. The van der Waals surface area contributed by atoms with E-state index in [-0.39, 0.29) is 18.5 Å². The van der Waals surface area contributed by atoms with Gasteiger partial charge in [0.2, 0.25) is 0 Å². The predicted octanol–water partition coefficient (Wildman–Crippen LogP) is 2.70. The van der Waals surface area contributed by atoms with Crippen molar-refractivity contribution in [1.29, 1.82) is 0 Å². The van der Waals surface area contributed by atoms with Gasteiger partial charge in [0.1, 0.15) is 5.82 Å². The molecule has 0 radical (unpaired) electrons. The van der Waals surface area contributed by atoms with Gasteiger partial charge in [-0.05, 0) is 44.4 Å². The highest BCUT2D eigenvalue weighted by Gasteiger charge is 2.23. The lowest BCUT2D eigenvalue weighted by atomic mass is 9.96. The standard InChI is InChI=1S/C16H25FN2O/c1-3-18-12(2)16-14(17)5-4-6-15(16)19-9-7-13(11-20)8-10-19/h4-6,12-13,18,20H,3,7-11H2,1-2H3. The highest BCUT2D eigenvalue weighted by Crippen LogP contribution is 2.31. The summed E-state index contributed by atoms with van der Waals surface area (Å²) in [4.78, 5) is 2.25. The highest BCUT2D eigenvalue weighted by atomic mass is 19.1. The quantitative estimate of drug-likeness (QED) is 0.870. The summed E-state index contributed by atoms with van der Waals surface area (Å²) in [6, 6.07) is 5.33. The van der Waals surface area contributed by atoms with Crippen molar-refractivity contribution in [3.05, 3.63) is 29.6 Å². The summed E-state index contributed by atoms with van der Waals surface area (Å²) in [6.07, 6.45) is 1.95. The van der Waals surface area contributed by atoms with E-state index in [2.05, 4.69) is 10.2 Å². The molecule has 0 spiro atoms. The molecule has 3 nitrogen and oxygen atoms in total. The number of nitrogens with one attached hydrogen (secondary N) is 1. The molecule has 1 aromatic rings. The molecular weight excluding hydrogens is 255 g/mol. The highest BCUT2D eigenvalue weighted by molar-refractivity contribution is 5.55. The summed E-state index contributed by atoms with van der Waals surface area (Å²) in [5.41, 5.74) is 1.76. The van der Waals surface area contributed by atoms with E-state index in [1.165, 1.54) is 6.07 Å². The second kappa shape index (κ2) is 7.04. The van der Waals surface area contributed by atoms with Crippen LogP contribution in [0.25, 0.3) is 0 Å². The van der Waals surface area contributed by atoms with Gasteiger partial charge in [-0.2, -0.15) is 0 Å². The molecule has 2 N–H and O–H groups in total. The molecule has 1 heterocycles. The second-order valence-electron chi connectivity index (χ2n) is 5.56. The smallest absolute Gasteiger partial charge is 0.130 e. The van der Waals surface area contributed by atoms with Crippen molar-refractivity contribution in [3.63, 3.8) is 0 Å². The molecule has 112 valence electrons. The van der Waals surface area contributed by atoms with Crippen LogP contribution in [0.4, 0.5) is 10.1 Å². The van der Waals surface area contributed by atoms with Crippen molar-refractivity contribution in [2.45, 2.75) is 32.7 Å². The van der Waals surface area contributed by atoms with Gasteiger partial charge in [0.15, 0.2) is 0 Å². The Morgan fingerprint density at radius 3 is 2.70 bits per heavy atom. The number of halogens is 1. The van der Waals surface area contributed by atoms with E-state index in [4.69, 9.17) is 0 Å². The van der Waals surface area contributed by atoms with E-state index in [0.29, 0.717) is 5.92 Å². The van der Waals surface area contributed by atoms with Gasteiger partial charge < -0.3 is 15.3 Å². The van der Waals surface area contributed by atoms with Crippen molar-refractivity contribution in [3.8, 4) is 0 Å². The first-order valence-electron chi connectivity index (χ1n) is 7.55. The van der Waals surface area contributed by atoms with Crippen LogP contribution in [-0.2, 0) is 0 Å². The van der Waals surface area contributed by atoms with Crippen LogP contribution in [0.2, 0.25) is 0 Å². The number of benzene rings is 1. The minimum Gasteiger partial charge on any atom is -0.396 e. The SMILES string of the molecule is CCNC(C)c1c(F)cccc1N1CCC(CO)CC1. The molecule has 1 saturated heterocycles. The van der Waals surface area contributed by atoms with E-state index in [0.717, 1.165) is 43.7 Å². The molecule has 1 aliphatic heterocycles. The van der Waals surface area contributed by atoms with Crippen LogP contribution in [0.15, 0.2) is 18.2 Å². The van der Waals surface area contributed by atoms with Crippen LogP contribution in [0.5, 0.6) is 0 Å². The van der Waals surface area contributed by atoms with Crippen molar-refractivity contribution in [1.82, 2.24) is 5.32 Å². The molecule has 0 saturated carbocycles. The molecule has 1 unspecified atom stereocenters. The number of aliphatic hydroxyl groups is 1. The number of nitrogens with zero attached hydrogens (tertiary/aromatic N) is 1. The van der Waals surface area contributed by atoms with Gasteiger partial charge in [-0.1, -0.05) is 13.0 Å². The fraction of sp³-hybridized carbons (Fsp3) is 0.625. The summed E-state index contributed by atoms with van der Waals surface area (Å²) >= 11 is 0. The number of aliphatic hydroxyl groups excluding tert-OH is 1. The van der Waals surface area contributed by atoms with Gasteiger partial charge in [0.05, 0.1) is 0 Å². The Morgan fingerprint density at radius 1 is 1.40 bits per heavy atom. The fourth-order valence-corrected chi connectivity index (χ4v) is 2.99. The van der Waals surface area contributed by atoms with Crippen molar-refractivity contribution in [2.24, 2.45) is 5.92 Å². The first-order valence-corrected chi connectivity index (χ1v) is 7.55. The van der Waals surface area contributed by atoms with Crippen molar-refractivity contribution < 1.29 is 9.50 Å². The maximum Gasteiger partial charge on any atom is 0.130 e. The summed E-state index contributed by atoms with van der Waals surface area (Å²) in [5, 5.41) is 12.5. The Hall–Kier alpha value is -1.13. The van der Waals surface area contributed by atoms with E-state index in [9.17, 15) is 9.50 Å². The van der Waals surface area contributed by atoms with Gasteiger partial charge in [0.25, 0.3) is 0 Å². The monoisotopic (exact) mass is 280 g/mol. The topological polar surface area (TPSA) is 35.5 Å². The lowest BCUT2D eigenvalue weighted by Gasteiger charge is -2.35. The Bertz CT molecular complexity index is 430. The summed E-state index contributed by atoms with van der Waals surface area (Å²) in [6.45, 7) is 6.90.